The van der Waals surface area contributed by atoms with Crippen LogP contribution in [0.3, 0.4) is 0 Å². The van der Waals surface area contributed by atoms with Gasteiger partial charge < -0.3 is 14.5 Å². The fourth-order valence-electron chi connectivity index (χ4n) is 4.21. The first-order valence-electron chi connectivity index (χ1n) is 8.26. The molecular formula is C18H16ClFN4OS. The van der Waals surface area contributed by atoms with E-state index in [1.54, 1.807) is 12.1 Å². The molecule has 4 rings (SSSR count). The zero-order chi connectivity index (χ0) is 18.6. The Morgan fingerprint density at radius 1 is 1.58 bits per heavy atom. The molecule has 134 valence electrons. The first-order valence-corrected chi connectivity index (χ1v) is 9.05. The normalized spacial score (nSPS) is 22.5. The summed E-state index contributed by atoms with van der Waals surface area (Å²) in [6, 6.07) is 6.55. The Morgan fingerprint density at radius 2 is 2.35 bits per heavy atom. The molecule has 8 heteroatoms. The molecule has 0 radical (unpaired) electrons. The number of rotatable bonds is 4. The lowest BCUT2D eigenvalue weighted by atomic mass is 9.93. The van der Waals surface area contributed by atoms with Crippen molar-refractivity contribution < 1.29 is 9.18 Å². The van der Waals surface area contributed by atoms with E-state index < -0.39 is 0 Å². The Bertz CT molecular complexity index is 1040. The van der Waals surface area contributed by atoms with Crippen molar-refractivity contribution >= 4 is 29.7 Å². The highest BCUT2D eigenvalue weighted by Crippen LogP contribution is 2.66. The minimum atomic E-state index is -0.329. The Balaban J connectivity index is 1.72. The smallest absolute Gasteiger partial charge is 0.226 e. The summed E-state index contributed by atoms with van der Waals surface area (Å²) in [6.45, 7) is 0.567. The maximum atomic E-state index is 14.5. The van der Waals surface area contributed by atoms with Gasteiger partial charge in [-0.05, 0) is 42.4 Å². The van der Waals surface area contributed by atoms with E-state index in [9.17, 15) is 9.18 Å². The van der Waals surface area contributed by atoms with Crippen LogP contribution in [-0.2, 0) is 30.2 Å². The van der Waals surface area contributed by atoms with Gasteiger partial charge >= 0.3 is 0 Å². The zero-order valence-electron chi connectivity index (χ0n) is 14.1. The molecule has 1 N–H and O–H groups in total. The highest BCUT2D eigenvalue weighted by Gasteiger charge is 2.63. The summed E-state index contributed by atoms with van der Waals surface area (Å²) in [5, 5.41) is 11.7. The second-order valence-corrected chi connectivity index (χ2v) is 7.71. The van der Waals surface area contributed by atoms with E-state index in [4.69, 9.17) is 29.1 Å². The third-order valence-electron chi connectivity index (χ3n) is 5.51. The third kappa shape index (κ3) is 2.40. The van der Waals surface area contributed by atoms with Crippen LogP contribution in [0.1, 0.15) is 29.3 Å². The maximum Gasteiger partial charge on any atom is 0.226 e. The first kappa shape index (κ1) is 17.3. The van der Waals surface area contributed by atoms with Crippen LogP contribution in [0.5, 0.6) is 0 Å². The van der Waals surface area contributed by atoms with E-state index >= 15 is 0 Å². The Labute approximate surface area is 160 Å². The summed E-state index contributed by atoms with van der Waals surface area (Å²) in [5.41, 5.74) is 2.13. The van der Waals surface area contributed by atoms with Crippen molar-refractivity contribution in [3.63, 3.8) is 0 Å². The molecule has 1 aliphatic carbocycles. The zero-order valence-corrected chi connectivity index (χ0v) is 15.6. The van der Waals surface area contributed by atoms with Crippen molar-refractivity contribution in [2.24, 2.45) is 7.05 Å². The van der Waals surface area contributed by atoms with E-state index in [1.165, 1.54) is 6.07 Å². The SMILES string of the molecule is Cn1c(CC(=O)NCC#N)c2n(c1=S)C[C@@]1(c3cc(Cl)ccc3F)CC21. The van der Waals surface area contributed by atoms with Crippen LogP contribution in [0, 0.1) is 21.9 Å². The number of nitrogens with zero attached hydrogens (tertiary/aromatic N) is 3. The number of aromatic nitrogens is 2. The molecule has 2 atom stereocenters. The highest BCUT2D eigenvalue weighted by molar-refractivity contribution is 7.71. The van der Waals surface area contributed by atoms with Crippen molar-refractivity contribution in [1.82, 2.24) is 14.5 Å². The number of nitriles is 1. The molecule has 1 aromatic heterocycles. The maximum absolute atomic E-state index is 14.5. The quantitative estimate of drug-likeness (QED) is 0.644. The molecule has 1 fully saturated rings. The molecule has 2 heterocycles. The standard InChI is InChI=1S/C18H16ClFN4OS/c1-23-14(7-15(25)22-5-4-21)16-12-8-18(12,9-24(16)17(23)26)11-6-10(19)2-3-13(11)20/h2-3,6,12H,5,7-9H2,1H3,(H,22,25)/t12?,18-/m1/s1. The van der Waals surface area contributed by atoms with E-state index in [0.717, 1.165) is 17.8 Å². The van der Waals surface area contributed by atoms with Crippen molar-refractivity contribution in [1.29, 1.82) is 5.26 Å². The topological polar surface area (TPSA) is 62.8 Å². The molecule has 2 aromatic rings. The van der Waals surface area contributed by atoms with Gasteiger partial charge in [0.1, 0.15) is 12.4 Å². The average Bonchev–Trinajstić information content (AvgIpc) is 3.17. The molecule has 1 aromatic carbocycles. The molecule has 26 heavy (non-hydrogen) atoms. The summed E-state index contributed by atoms with van der Waals surface area (Å²) < 4.78 is 18.9. The summed E-state index contributed by atoms with van der Waals surface area (Å²) in [7, 11) is 1.84. The lowest BCUT2D eigenvalue weighted by Gasteiger charge is -2.15. The van der Waals surface area contributed by atoms with Gasteiger partial charge in [-0.2, -0.15) is 5.26 Å². The Kier molecular flexibility index (Phi) is 3.94. The number of carbonyl (C=O) groups is 1. The number of carbonyl (C=O) groups excluding carboxylic acids is 1. The van der Waals surface area contributed by atoms with E-state index in [0.29, 0.717) is 21.9 Å². The molecular weight excluding hydrogens is 375 g/mol. The molecule has 1 saturated carbocycles. The third-order valence-corrected chi connectivity index (χ3v) is 6.24. The monoisotopic (exact) mass is 390 g/mol. The van der Waals surface area contributed by atoms with Gasteiger partial charge in [0.2, 0.25) is 5.91 Å². The predicted octanol–water partition coefficient (Wildman–Crippen LogP) is 2.97. The number of fused-ring (bicyclic) bond motifs is 3. The van der Waals surface area contributed by atoms with Crippen LogP contribution in [0.4, 0.5) is 4.39 Å². The van der Waals surface area contributed by atoms with Gasteiger partial charge in [-0.3, -0.25) is 4.79 Å². The van der Waals surface area contributed by atoms with Crippen molar-refractivity contribution in [2.75, 3.05) is 6.54 Å². The summed E-state index contributed by atoms with van der Waals surface area (Å²) >= 11 is 11.6. The second kappa shape index (κ2) is 5.93. The van der Waals surface area contributed by atoms with Gasteiger partial charge in [0.05, 0.1) is 12.5 Å². The number of hydrogen-bond acceptors (Lipinski definition) is 3. The molecule has 1 amide bonds. The van der Waals surface area contributed by atoms with Gasteiger partial charge in [-0.25, -0.2) is 4.39 Å². The minimum Gasteiger partial charge on any atom is -0.343 e. The minimum absolute atomic E-state index is 0.0274. The van der Waals surface area contributed by atoms with Crippen molar-refractivity contribution in [3.8, 4) is 6.07 Å². The Morgan fingerprint density at radius 3 is 3.08 bits per heavy atom. The number of nitrogens with one attached hydrogen (secondary N) is 1. The fourth-order valence-corrected chi connectivity index (χ4v) is 4.66. The number of benzene rings is 1. The number of halogens is 2. The lowest BCUT2D eigenvalue weighted by molar-refractivity contribution is -0.120. The predicted molar refractivity (Wildman–Crippen MR) is 97.0 cm³/mol. The number of imidazole rings is 1. The Hall–Kier alpha value is -2.17. The van der Waals surface area contributed by atoms with E-state index in [-0.39, 0.29) is 36.0 Å². The first-order chi connectivity index (χ1) is 12.4. The molecule has 1 unspecified atom stereocenters. The van der Waals surface area contributed by atoms with Gasteiger partial charge in [0.25, 0.3) is 0 Å². The van der Waals surface area contributed by atoms with Crippen LogP contribution in [-0.4, -0.2) is 21.6 Å². The van der Waals surface area contributed by atoms with Gasteiger partial charge in [-0.15, -0.1) is 0 Å². The van der Waals surface area contributed by atoms with E-state index in [1.807, 2.05) is 22.3 Å². The average molecular weight is 391 g/mol. The molecule has 0 spiro atoms. The second-order valence-electron chi connectivity index (χ2n) is 6.91. The number of amides is 1. The summed E-state index contributed by atoms with van der Waals surface area (Å²) in [4.78, 5) is 12.1. The summed E-state index contributed by atoms with van der Waals surface area (Å²) in [6.07, 6.45) is 0.963. The van der Waals surface area contributed by atoms with Crippen LogP contribution >= 0.6 is 23.8 Å². The van der Waals surface area contributed by atoms with Crippen LogP contribution in [0.25, 0.3) is 0 Å². The van der Waals surface area contributed by atoms with Crippen LogP contribution < -0.4 is 5.32 Å². The molecule has 5 nitrogen and oxygen atoms in total. The number of hydrogen-bond donors (Lipinski definition) is 1. The van der Waals surface area contributed by atoms with Crippen molar-refractivity contribution in [3.05, 3.63) is 50.8 Å². The highest BCUT2D eigenvalue weighted by atomic mass is 35.5. The molecule has 2 aliphatic rings. The van der Waals surface area contributed by atoms with Gasteiger partial charge in [0.15, 0.2) is 4.77 Å². The van der Waals surface area contributed by atoms with Gasteiger partial charge in [-0.1, -0.05) is 11.6 Å². The fraction of sp³-hybridized carbons (Fsp3) is 0.389. The van der Waals surface area contributed by atoms with Gasteiger partial charge in [0, 0.05) is 41.3 Å². The van der Waals surface area contributed by atoms with Crippen molar-refractivity contribution in [2.45, 2.75) is 30.7 Å². The van der Waals surface area contributed by atoms with Crippen LogP contribution in [0.15, 0.2) is 18.2 Å². The molecule has 0 bridgehead atoms. The summed E-state index contributed by atoms with van der Waals surface area (Å²) in [5.74, 6) is -0.360. The molecule has 1 aliphatic heterocycles. The lowest BCUT2D eigenvalue weighted by Crippen LogP contribution is -2.26. The van der Waals surface area contributed by atoms with Crippen LogP contribution in [0.2, 0.25) is 5.02 Å². The molecule has 0 saturated heterocycles. The van der Waals surface area contributed by atoms with E-state index in [2.05, 4.69) is 5.32 Å². The largest absolute Gasteiger partial charge is 0.343 e.